The van der Waals surface area contributed by atoms with Crippen molar-refractivity contribution < 1.29 is 13.2 Å². The van der Waals surface area contributed by atoms with E-state index in [1.807, 2.05) is 12.1 Å². The first-order valence-corrected chi connectivity index (χ1v) is 7.42. The molecule has 1 aliphatic heterocycles. The maximum Gasteiger partial charge on any atom is 0.211 e. The standard InChI is InChI=1S/C11H16N2O3S/c1-17(14,15)13-7-4-10(5-8-13)16-11-3-2-6-12-9-11/h2-3,6,9-10H,4-5,7-8H2,1H3. The molecule has 0 spiro atoms. The number of rotatable bonds is 3. The molecular weight excluding hydrogens is 240 g/mol. The van der Waals surface area contributed by atoms with Gasteiger partial charge in [-0.15, -0.1) is 0 Å². The summed E-state index contributed by atoms with van der Waals surface area (Å²) in [6.07, 6.45) is 6.14. The molecule has 1 aromatic heterocycles. The van der Waals surface area contributed by atoms with Crippen LogP contribution in [-0.4, -0.2) is 43.2 Å². The van der Waals surface area contributed by atoms with Crippen LogP contribution in [0.2, 0.25) is 0 Å². The third-order valence-electron chi connectivity index (χ3n) is 2.81. The van der Waals surface area contributed by atoms with Crippen molar-refractivity contribution in [3.8, 4) is 5.75 Å². The molecule has 0 amide bonds. The number of nitrogens with zero attached hydrogens (tertiary/aromatic N) is 2. The maximum absolute atomic E-state index is 11.3. The van der Waals surface area contributed by atoms with Crippen molar-refractivity contribution in [2.75, 3.05) is 19.3 Å². The minimum absolute atomic E-state index is 0.0807. The van der Waals surface area contributed by atoms with E-state index >= 15 is 0 Å². The molecule has 0 aliphatic carbocycles. The molecule has 2 rings (SSSR count). The molecule has 0 unspecified atom stereocenters. The normalized spacial score (nSPS) is 19.1. The van der Waals surface area contributed by atoms with E-state index in [0.29, 0.717) is 13.1 Å². The molecule has 0 N–H and O–H groups in total. The SMILES string of the molecule is CS(=O)(=O)N1CCC(Oc2cccnc2)CC1. The predicted molar refractivity (Wildman–Crippen MR) is 64.3 cm³/mol. The van der Waals surface area contributed by atoms with Gasteiger partial charge in [0.2, 0.25) is 10.0 Å². The molecular formula is C11H16N2O3S. The van der Waals surface area contributed by atoms with Crippen molar-refractivity contribution in [3.63, 3.8) is 0 Å². The van der Waals surface area contributed by atoms with E-state index in [-0.39, 0.29) is 6.10 Å². The highest BCUT2D eigenvalue weighted by molar-refractivity contribution is 7.88. The van der Waals surface area contributed by atoms with Gasteiger partial charge in [0.1, 0.15) is 11.9 Å². The summed E-state index contributed by atoms with van der Waals surface area (Å²) in [6, 6.07) is 3.68. The quantitative estimate of drug-likeness (QED) is 0.805. The van der Waals surface area contributed by atoms with Gasteiger partial charge in [-0.2, -0.15) is 0 Å². The predicted octanol–water partition coefficient (Wildman–Crippen LogP) is 0.884. The van der Waals surface area contributed by atoms with Crippen molar-refractivity contribution in [1.29, 1.82) is 0 Å². The summed E-state index contributed by atoms with van der Waals surface area (Å²) in [5.74, 6) is 0.741. The molecule has 0 saturated carbocycles. The van der Waals surface area contributed by atoms with Crippen LogP contribution in [0.1, 0.15) is 12.8 Å². The van der Waals surface area contributed by atoms with E-state index in [1.165, 1.54) is 10.6 Å². The van der Waals surface area contributed by atoms with Crippen LogP contribution < -0.4 is 4.74 Å². The van der Waals surface area contributed by atoms with Gasteiger partial charge in [0.25, 0.3) is 0 Å². The first kappa shape index (κ1) is 12.3. The second kappa shape index (κ2) is 5.01. The number of piperidine rings is 1. The number of hydrogen-bond donors (Lipinski definition) is 0. The molecule has 0 atom stereocenters. The minimum Gasteiger partial charge on any atom is -0.489 e. The van der Waals surface area contributed by atoms with Crippen LogP contribution in [0.4, 0.5) is 0 Å². The van der Waals surface area contributed by atoms with E-state index in [0.717, 1.165) is 18.6 Å². The zero-order valence-electron chi connectivity index (χ0n) is 9.74. The molecule has 2 heterocycles. The van der Waals surface area contributed by atoms with Crippen LogP contribution in [0, 0.1) is 0 Å². The van der Waals surface area contributed by atoms with E-state index in [9.17, 15) is 8.42 Å². The van der Waals surface area contributed by atoms with Crippen molar-refractivity contribution in [2.24, 2.45) is 0 Å². The van der Waals surface area contributed by atoms with Crippen molar-refractivity contribution >= 4 is 10.0 Å². The zero-order valence-corrected chi connectivity index (χ0v) is 10.6. The van der Waals surface area contributed by atoms with Gasteiger partial charge in [0.15, 0.2) is 0 Å². The minimum atomic E-state index is -3.06. The molecule has 0 bridgehead atoms. The van der Waals surface area contributed by atoms with Crippen molar-refractivity contribution in [3.05, 3.63) is 24.5 Å². The molecule has 1 aliphatic rings. The van der Waals surface area contributed by atoms with Gasteiger partial charge in [0, 0.05) is 19.3 Å². The number of hydrogen-bond acceptors (Lipinski definition) is 4. The summed E-state index contributed by atoms with van der Waals surface area (Å²) in [4.78, 5) is 3.97. The topological polar surface area (TPSA) is 59.5 Å². The summed E-state index contributed by atoms with van der Waals surface area (Å²) in [7, 11) is -3.06. The maximum atomic E-state index is 11.3. The highest BCUT2D eigenvalue weighted by atomic mass is 32.2. The van der Waals surface area contributed by atoms with Crippen LogP contribution in [-0.2, 0) is 10.0 Å². The van der Waals surface area contributed by atoms with Gasteiger partial charge in [-0.25, -0.2) is 12.7 Å². The molecule has 1 saturated heterocycles. The van der Waals surface area contributed by atoms with E-state index < -0.39 is 10.0 Å². The molecule has 17 heavy (non-hydrogen) atoms. The third kappa shape index (κ3) is 3.41. The first-order chi connectivity index (χ1) is 8.05. The Bertz CT molecular complexity index is 453. The second-order valence-electron chi connectivity index (χ2n) is 4.17. The van der Waals surface area contributed by atoms with E-state index in [2.05, 4.69) is 4.98 Å². The Morgan fingerprint density at radius 2 is 2.12 bits per heavy atom. The summed E-state index contributed by atoms with van der Waals surface area (Å²) in [5.41, 5.74) is 0. The van der Waals surface area contributed by atoms with Crippen molar-refractivity contribution in [2.45, 2.75) is 18.9 Å². The van der Waals surface area contributed by atoms with Gasteiger partial charge in [-0.3, -0.25) is 4.98 Å². The van der Waals surface area contributed by atoms with Gasteiger partial charge in [0.05, 0.1) is 12.5 Å². The molecule has 0 radical (unpaired) electrons. The number of pyridine rings is 1. The summed E-state index contributed by atoms with van der Waals surface area (Å²) in [6.45, 7) is 1.06. The van der Waals surface area contributed by atoms with Gasteiger partial charge in [-0.05, 0) is 25.0 Å². The number of aromatic nitrogens is 1. The Balaban J connectivity index is 1.88. The first-order valence-electron chi connectivity index (χ1n) is 5.57. The number of ether oxygens (including phenoxy) is 1. The number of sulfonamides is 1. The zero-order chi connectivity index (χ0) is 12.3. The largest absolute Gasteiger partial charge is 0.489 e. The Labute approximate surface area is 101 Å². The van der Waals surface area contributed by atoms with Gasteiger partial charge in [-0.1, -0.05) is 0 Å². The average molecular weight is 256 g/mol. The fourth-order valence-corrected chi connectivity index (χ4v) is 2.76. The van der Waals surface area contributed by atoms with Crippen LogP contribution >= 0.6 is 0 Å². The highest BCUT2D eigenvalue weighted by Crippen LogP contribution is 2.19. The Kier molecular flexibility index (Phi) is 3.63. The average Bonchev–Trinajstić information content (AvgIpc) is 2.30. The summed E-state index contributed by atoms with van der Waals surface area (Å²) in [5, 5.41) is 0. The highest BCUT2D eigenvalue weighted by Gasteiger charge is 2.25. The van der Waals surface area contributed by atoms with E-state index in [4.69, 9.17) is 4.74 Å². The lowest BCUT2D eigenvalue weighted by Crippen LogP contribution is -2.41. The molecule has 6 heteroatoms. The fraction of sp³-hybridized carbons (Fsp3) is 0.545. The fourth-order valence-electron chi connectivity index (χ4n) is 1.89. The van der Waals surface area contributed by atoms with Gasteiger partial charge < -0.3 is 4.74 Å². The summed E-state index contributed by atoms with van der Waals surface area (Å²) >= 11 is 0. The Morgan fingerprint density at radius 3 is 2.65 bits per heavy atom. The lowest BCUT2D eigenvalue weighted by molar-refractivity contribution is 0.135. The van der Waals surface area contributed by atoms with Gasteiger partial charge >= 0.3 is 0 Å². The van der Waals surface area contributed by atoms with E-state index in [1.54, 1.807) is 12.4 Å². The monoisotopic (exact) mass is 256 g/mol. The van der Waals surface area contributed by atoms with Crippen LogP contribution in [0.3, 0.4) is 0 Å². The Morgan fingerprint density at radius 1 is 1.41 bits per heavy atom. The lowest BCUT2D eigenvalue weighted by Gasteiger charge is -2.30. The molecule has 0 aromatic carbocycles. The lowest BCUT2D eigenvalue weighted by atomic mass is 10.1. The third-order valence-corrected chi connectivity index (χ3v) is 4.11. The second-order valence-corrected chi connectivity index (χ2v) is 6.15. The van der Waals surface area contributed by atoms with Crippen LogP contribution in [0.25, 0.3) is 0 Å². The summed E-state index contributed by atoms with van der Waals surface area (Å²) < 4.78 is 29.9. The Hall–Kier alpha value is -1.14. The molecule has 5 nitrogen and oxygen atoms in total. The van der Waals surface area contributed by atoms with Crippen LogP contribution in [0.5, 0.6) is 5.75 Å². The smallest absolute Gasteiger partial charge is 0.211 e. The molecule has 1 aromatic rings. The van der Waals surface area contributed by atoms with Crippen molar-refractivity contribution in [1.82, 2.24) is 9.29 Å². The van der Waals surface area contributed by atoms with Crippen LogP contribution in [0.15, 0.2) is 24.5 Å². The molecule has 94 valence electrons. The molecule has 1 fully saturated rings.